The van der Waals surface area contributed by atoms with Crippen molar-refractivity contribution in [3.8, 4) is 0 Å². The number of anilines is 2. The van der Waals surface area contributed by atoms with E-state index in [2.05, 4.69) is 25.2 Å². The van der Waals surface area contributed by atoms with Crippen molar-refractivity contribution in [3.63, 3.8) is 0 Å². The van der Waals surface area contributed by atoms with E-state index in [1.165, 1.54) is 11.3 Å². The molecule has 3 rings (SSSR count). The van der Waals surface area contributed by atoms with E-state index in [0.717, 1.165) is 43.3 Å². The van der Waals surface area contributed by atoms with Crippen LogP contribution < -0.4 is 5.32 Å². The highest BCUT2D eigenvalue weighted by Crippen LogP contribution is 2.26. The first-order valence-electron chi connectivity index (χ1n) is 7.18. The summed E-state index contributed by atoms with van der Waals surface area (Å²) in [5, 5.41) is 14.9. The van der Waals surface area contributed by atoms with Crippen molar-refractivity contribution in [2.24, 2.45) is 0 Å². The maximum atomic E-state index is 9.08. The molecule has 0 saturated carbocycles. The Bertz CT molecular complexity index is 560. The molecular weight excluding hydrogens is 286 g/mol. The second-order valence-electron chi connectivity index (χ2n) is 5.13. The molecule has 21 heavy (non-hydrogen) atoms. The zero-order valence-corrected chi connectivity index (χ0v) is 12.6. The zero-order valence-electron chi connectivity index (χ0n) is 11.8. The van der Waals surface area contributed by atoms with Gasteiger partial charge in [0.25, 0.3) is 0 Å². The van der Waals surface area contributed by atoms with Crippen molar-refractivity contribution in [1.29, 1.82) is 0 Å². The lowest BCUT2D eigenvalue weighted by Crippen LogP contribution is -2.36. The summed E-state index contributed by atoms with van der Waals surface area (Å²) in [6, 6.07) is 1.99. The molecule has 2 aromatic rings. The molecule has 7 heteroatoms. The fourth-order valence-corrected chi connectivity index (χ4v) is 3.21. The Kier molecular flexibility index (Phi) is 4.74. The van der Waals surface area contributed by atoms with Crippen LogP contribution in [0.25, 0.3) is 0 Å². The molecule has 1 aliphatic rings. The number of likely N-dealkylation sites (tertiary alicyclic amines) is 1. The van der Waals surface area contributed by atoms with Crippen molar-refractivity contribution >= 4 is 22.4 Å². The van der Waals surface area contributed by atoms with Crippen LogP contribution in [-0.2, 0) is 0 Å². The monoisotopic (exact) mass is 305 g/mol. The first kappa shape index (κ1) is 14.4. The summed E-state index contributed by atoms with van der Waals surface area (Å²) < 4.78 is 0. The molecule has 1 unspecified atom stereocenters. The first-order chi connectivity index (χ1) is 10.3. The van der Waals surface area contributed by atoms with Crippen molar-refractivity contribution in [2.75, 3.05) is 31.6 Å². The van der Waals surface area contributed by atoms with Gasteiger partial charge in [-0.1, -0.05) is 0 Å². The Morgan fingerprint density at radius 3 is 3.14 bits per heavy atom. The van der Waals surface area contributed by atoms with E-state index in [9.17, 15) is 0 Å². The highest BCUT2D eigenvalue weighted by Gasteiger charge is 2.22. The molecule has 0 bridgehead atoms. The van der Waals surface area contributed by atoms with Gasteiger partial charge in [0.05, 0.1) is 12.3 Å². The molecule has 0 aliphatic carbocycles. The van der Waals surface area contributed by atoms with Gasteiger partial charge >= 0.3 is 0 Å². The predicted octanol–water partition coefficient (Wildman–Crippen LogP) is 1.85. The van der Waals surface area contributed by atoms with Gasteiger partial charge in [-0.3, -0.25) is 0 Å². The SMILES string of the molecule is OCCN1CCCC(c2ccnc(Nc3nccs3)n2)C1. The number of nitrogens with one attached hydrogen (secondary N) is 1. The predicted molar refractivity (Wildman–Crippen MR) is 82.9 cm³/mol. The second-order valence-corrected chi connectivity index (χ2v) is 6.03. The number of hydrogen-bond donors (Lipinski definition) is 2. The molecule has 0 aromatic carbocycles. The van der Waals surface area contributed by atoms with Crippen LogP contribution in [-0.4, -0.2) is 51.2 Å². The fourth-order valence-electron chi connectivity index (χ4n) is 2.68. The summed E-state index contributed by atoms with van der Waals surface area (Å²) in [4.78, 5) is 15.4. The highest BCUT2D eigenvalue weighted by atomic mass is 32.1. The number of hydrogen-bond acceptors (Lipinski definition) is 7. The van der Waals surface area contributed by atoms with E-state index >= 15 is 0 Å². The van der Waals surface area contributed by atoms with Gasteiger partial charge in [-0.25, -0.2) is 15.0 Å². The van der Waals surface area contributed by atoms with Crippen molar-refractivity contribution in [2.45, 2.75) is 18.8 Å². The van der Waals surface area contributed by atoms with Crippen molar-refractivity contribution in [3.05, 3.63) is 29.5 Å². The van der Waals surface area contributed by atoms with E-state index in [-0.39, 0.29) is 6.61 Å². The van der Waals surface area contributed by atoms with Gasteiger partial charge in [-0.15, -0.1) is 11.3 Å². The lowest BCUT2D eigenvalue weighted by Gasteiger charge is -2.31. The normalized spacial score (nSPS) is 19.6. The summed E-state index contributed by atoms with van der Waals surface area (Å²) >= 11 is 1.53. The molecule has 1 fully saturated rings. The quantitative estimate of drug-likeness (QED) is 0.878. The number of nitrogens with zero attached hydrogens (tertiary/aromatic N) is 4. The standard InChI is InChI=1S/C14H19N5OS/c20-8-7-19-6-1-2-11(10-19)12-3-4-15-13(17-12)18-14-16-5-9-21-14/h3-5,9,11,20H,1-2,6-8,10H2,(H,15,16,17,18). The summed E-state index contributed by atoms with van der Waals surface area (Å²) in [5.41, 5.74) is 1.06. The third-order valence-corrected chi connectivity index (χ3v) is 4.36. The van der Waals surface area contributed by atoms with Gasteiger partial charge in [0.2, 0.25) is 5.95 Å². The van der Waals surface area contributed by atoms with Gasteiger partial charge in [-0.05, 0) is 25.5 Å². The Morgan fingerprint density at radius 2 is 2.33 bits per heavy atom. The third kappa shape index (κ3) is 3.75. The maximum absolute atomic E-state index is 9.08. The Labute approximate surface area is 127 Å². The van der Waals surface area contributed by atoms with Crippen LogP contribution in [0.4, 0.5) is 11.1 Å². The van der Waals surface area contributed by atoms with Gasteiger partial charge in [-0.2, -0.15) is 0 Å². The Morgan fingerprint density at radius 1 is 1.38 bits per heavy atom. The summed E-state index contributed by atoms with van der Waals surface area (Å²) in [6.45, 7) is 2.97. The number of piperidine rings is 1. The van der Waals surface area contributed by atoms with Crippen molar-refractivity contribution in [1.82, 2.24) is 19.9 Å². The molecule has 2 N–H and O–H groups in total. The number of aliphatic hydroxyl groups is 1. The fraction of sp³-hybridized carbons (Fsp3) is 0.500. The van der Waals surface area contributed by atoms with E-state index in [1.807, 2.05) is 11.4 Å². The number of thiazole rings is 1. The summed E-state index contributed by atoms with van der Waals surface area (Å²) in [6.07, 6.45) is 5.83. The lowest BCUT2D eigenvalue weighted by molar-refractivity contribution is 0.160. The topological polar surface area (TPSA) is 74.2 Å². The number of aliphatic hydroxyl groups excluding tert-OH is 1. The van der Waals surface area contributed by atoms with Gasteiger partial charge in [0.15, 0.2) is 5.13 Å². The maximum Gasteiger partial charge on any atom is 0.229 e. The van der Waals surface area contributed by atoms with Gasteiger partial charge in [0, 0.05) is 36.8 Å². The molecule has 0 radical (unpaired) electrons. The average molecular weight is 305 g/mol. The van der Waals surface area contributed by atoms with Crippen LogP contribution in [0, 0.1) is 0 Å². The van der Waals surface area contributed by atoms with E-state index in [0.29, 0.717) is 11.9 Å². The third-order valence-electron chi connectivity index (χ3n) is 3.67. The Balaban J connectivity index is 1.70. The molecule has 0 spiro atoms. The molecule has 2 aromatic heterocycles. The minimum absolute atomic E-state index is 0.216. The van der Waals surface area contributed by atoms with Crippen molar-refractivity contribution < 1.29 is 5.11 Å². The lowest BCUT2D eigenvalue weighted by atomic mass is 9.94. The Hall–Kier alpha value is -1.57. The highest BCUT2D eigenvalue weighted by molar-refractivity contribution is 7.13. The van der Waals surface area contributed by atoms with Crippen LogP contribution in [0.3, 0.4) is 0 Å². The second kappa shape index (κ2) is 6.93. The van der Waals surface area contributed by atoms with E-state index in [1.54, 1.807) is 12.4 Å². The van der Waals surface area contributed by atoms with E-state index in [4.69, 9.17) is 5.11 Å². The number of aromatic nitrogens is 3. The van der Waals surface area contributed by atoms with Crippen LogP contribution in [0.2, 0.25) is 0 Å². The number of rotatable bonds is 5. The molecule has 3 heterocycles. The van der Waals surface area contributed by atoms with Gasteiger partial charge < -0.3 is 15.3 Å². The van der Waals surface area contributed by atoms with Crippen LogP contribution >= 0.6 is 11.3 Å². The first-order valence-corrected chi connectivity index (χ1v) is 8.06. The van der Waals surface area contributed by atoms with Gasteiger partial charge in [0.1, 0.15) is 0 Å². The van der Waals surface area contributed by atoms with Crippen LogP contribution in [0.5, 0.6) is 0 Å². The molecule has 6 nitrogen and oxygen atoms in total. The molecule has 112 valence electrons. The van der Waals surface area contributed by atoms with Crippen LogP contribution in [0.15, 0.2) is 23.8 Å². The average Bonchev–Trinajstić information content (AvgIpc) is 3.01. The molecule has 0 amide bonds. The number of β-amino-alcohol motifs (C(OH)–C–C–N with tert-alkyl or cyclic N) is 1. The minimum atomic E-state index is 0.216. The van der Waals surface area contributed by atoms with Crippen LogP contribution in [0.1, 0.15) is 24.5 Å². The largest absolute Gasteiger partial charge is 0.395 e. The molecular formula is C14H19N5OS. The smallest absolute Gasteiger partial charge is 0.229 e. The molecule has 1 aliphatic heterocycles. The summed E-state index contributed by atoms with van der Waals surface area (Å²) in [7, 11) is 0. The zero-order chi connectivity index (χ0) is 14.5. The molecule has 1 saturated heterocycles. The summed E-state index contributed by atoms with van der Waals surface area (Å²) in [5.74, 6) is 1.01. The minimum Gasteiger partial charge on any atom is -0.395 e. The molecule has 1 atom stereocenters. The van der Waals surface area contributed by atoms with E-state index < -0.39 is 0 Å².